The third kappa shape index (κ3) is 7.39. The van der Waals surface area contributed by atoms with Crippen LogP contribution in [0.1, 0.15) is 22.8 Å². The van der Waals surface area contributed by atoms with Gasteiger partial charge < -0.3 is 18.9 Å². The summed E-state index contributed by atoms with van der Waals surface area (Å²) in [6, 6.07) is 11.3. The molecule has 2 N–H and O–H groups in total. The Morgan fingerprint density at radius 1 is 0.935 bits per heavy atom. The molecule has 0 heterocycles. The number of benzene rings is 2. The second-order valence-corrected chi connectivity index (χ2v) is 6.02. The molecule has 2 rings (SSSR count). The number of hydrazine groups is 1. The van der Waals surface area contributed by atoms with Gasteiger partial charge in [-0.2, -0.15) is 0 Å². The zero-order valence-corrected chi connectivity index (χ0v) is 17.5. The molecule has 0 saturated heterocycles. The van der Waals surface area contributed by atoms with E-state index in [1.165, 1.54) is 32.4 Å². The van der Waals surface area contributed by atoms with E-state index in [-0.39, 0.29) is 13.2 Å². The highest BCUT2D eigenvalue weighted by molar-refractivity contribution is 5.93. The number of amides is 2. The highest BCUT2D eigenvalue weighted by Gasteiger charge is 2.08. The lowest BCUT2D eigenvalue weighted by atomic mass is 10.2. The molecule has 0 aromatic heterocycles. The summed E-state index contributed by atoms with van der Waals surface area (Å²) in [6.45, 7) is 1.68. The van der Waals surface area contributed by atoms with Crippen molar-refractivity contribution in [3.05, 3.63) is 59.7 Å². The molecule has 0 saturated carbocycles. The Kier molecular flexibility index (Phi) is 8.90. The van der Waals surface area contributed by atoms with Gasteiger partial charge in [-0.15, -0.1) is 0 Å². The van der Waals surface area contributed by atoms with Crippen molar-refractivity contribution < 1.29 is 33.3 Å². The van der Waals surface area contributed by atoms with Crippen LogP contribution in [0.15, 0.2) is 48.5 Å². The molecule has 0 fully saturated rings. The van der Waals surface area contributed by atoms with Crippen LogP contribution in [0.4, 0.5) is 0 Å². The molecule has 0 unspecified atom stereocenters. The number of hydrogen-bond acceptors (Lipinski definition) is 7. The molecular weight excluding hydrogens is 404 g/mol. The summed E-state index contributed by atoms with van der Waals surface area (Å²) in [5, 5.41) is 0. The van der Waals surface area contributed by atoms with E-state index in [9.17, 15) is 14.4 Å². The molecule has 164 valence electrons. The van der Waals surface area contributed by atoms with Gasteiger partial charge in [0.15, 0.2) is 18.1 Å². The van der Waals surface area contributed by atoms with Crippen molar-refractivity contribution in [3.8, 4) is 17.2 Å². The van der Waals surface area contributed by atoms with Crippen molar-refractivity contribution in [1.29, 1.82) is 0 Å². The van der Waals surface area contributed by atoms with Gasteiger partial charge in [0, 0.05) is 6.08 Å². The standard InChI is InChI=1S/C22H24N2O7/c1-4-30-22(27)16-7-9-17(10-8-16)31-14-21(26)24-23-20(25)12-6-15-5-11-18(28-2)19(13-15)29-3/h5-13H,4,14H2,1-3H3,(H,23,25)(H,24,26)/b12-6+. The first-order valence-electron chi connectivity index (χ1n) is 9.35. The Balaban J connectivity index is 1.77. The maximum Gasteiger partial charge on any atom is 0.338 e. The van der Waals surface area contributed by atoms with Crippen LogP contribution in [0, 0.1) is 0 Å². The van der Waals surface area contributed by atoms with Gasteiger partial charge in [-0.25, -0.2) is 4.79 Å². The lowest BCUT2D eigenvalue weighted by Crippen LogP contribution is -2.43. The minimum atomic E-state index is -0.553. The molecule has 9 nitrogen and oxygen atoms in total. The quantitative estimate of drug-likeness (QED) is 0.357. The predicted octanol–water partition coefficient (Wildman–Crippen LogP) is 2.12. The van der Waals surface area contributed by atoms with Crippen LogP contribution in [0.3, 0.4) is 0 Å². The van der Waals surface area contributed by atoms with Gasteiger partial charge in [0.05, 0.1) is 26.4 Å². The molecule has 0 spiro atoms. The van der Waals surface area contributed by atoms with E-state index in [2.05, 4.69) is 10.9 Å². The zero-order valence-electron chi connectivity index (χ0n) is 17.5. The second kappa shape index (κ2) is 11.9. The highest BCUT2D eigenvalue weighted by atomic mass is 16.5. The average Bonchev–Trinajstić information content (AvgIpc) is 2.80. The van der Waals surface area contributed by atoms with Gasteiger partial charge in [0.2, 0.25) is 0 Å². The van der Waals surface area contributed by atoms with Gasteiger partial charge in [0.1, 0.15) is 5.75 Å². The van der Waals surface area contributed by atoms with E-state index in [1.54, 1.807) is 43.3 Å². The summed E-state index contributed by atoms with van der Waals surface area (Å²) in [7, 11) is 3.05. The molecule has 0 aliphatic rings. The fraction of sp³-hybridized carbons (Fsp3) is 0.227. The smallest absolute Gasteiger partial charge is 0.338 e. The van der Waals surface area contributed by atoms with Crippen LogP contribution < -0.4 is 25.1 Å². The Bertz CT molecular complexity index is 939. The van der Waals surface area contributed by atoms with Crippen molar-refractivity contribution in [2.45, 2.75) is 6.92 Å². The summed E-state index contributed by atoms with van der Waals surface area (Å²) in [5.41, 5.74) is 5.60. The number of carbonyl (C=O) groups is 3. The maximum absolute atomic E-state index is 11.9. The SMILES string of the molecule is CCOC(=O)c1ccc(OCC(=O)NNC(=O)/C=C/c2ccc(OC)c(OC)c2)cc1. The fourth-order valence-corrected chi connectivity index (χ4v) is 2.39. The molecule has 0 aliphatic carbocycles. The van der Waals surface area contributed by atoms with Crippen molar-refractivity contribution >= 4 is 23.9 Å². The minimum absolute atomic E-state index is 0.284. The van der Waals surface area contributed by atoms with Gasteiger partial charge in [-0.3, -0.25) is 20.4 Å². The average molecular weight is 428 g/mol. The molecule has 2 amide bonds. The first-order chi connectivity index (χ1) is 15.0. The summed E-state index contributed by atoms with van der Waals surface area (Å²) < 4.78 is 20.6. The lowest BCUT2D eigenvalue weighted by Gasteiger charge is -2.08. The minimum Gasteiger partial charge on any atom is -0.493 e. The van der Waals surface area contributed by atoms with E-state index in [4.69, 9.17) is 18.9 Å². The number of rotatable bonds is 9. The zero-order chi connectivity index (χ0) is 22.6. The lowest BCUT2D eigenvalue weighted by molar-refractivity contribution is -0.128. The highest BCUT2D eigenvalue weighted by Crippen LogP contribution is 2.27. The Morgan fingerprint density at radius 3 is 2.29 bits per heavy atom. The monoisotopic (exact) mass is 428 g/mol. The second-order valence-electron chi connectivity index (χ2n) is 6.02. The van der Waals surface area contributed by atoms with Crippen LogP contribution in [-0.4, -0.2) is 45.2 Å². The summed E-state index contributed by atoms with van der Waals surface area (Å²) in [4.78, 5) is 35.3. The number of nitrogens with one attached hydrogen (secondary N) is 2. The van der Waals surface area contributed by atoms with E-state index in [1.807, 2.05) is 0 Å². The Hall–Kier alpha value is -4.01. The number of methoxy groups -OCH3 is 2. The van der Waals surface area contributed by atoms with Gasteiger partial charge in [0.25, 0.3) is 11.8 Å². The van der Waals surface area contributed by atoms with Crippen LogP contribution in [-0.2, 0) is 14.3 Å². The van der Waals surface area contributed by atoms with E-state index in [0.717, 1.165) is 0 Å². The van der Waals surface area contributed by atoms with Crippen LogP contribution >= 0.6 is 0 Å². The van der Waals surface area contributed by atoms with Crippen molar-refractivity contribution in [2.75, 3.05) is 27.4 Å². The summed E-state index contributed by atoms with van der Waals surface area (Å²) in [6.07, 6.45) is 2.82. The number of hydrogen-bond donors (Lipinski definition) is 2. The molecule has 2 aromatic rings. The largest absolute Gasteiger partial charge is 0.493 e. The molecule has 9 heteroatoms. The van der Waals surface area contributed by atoms with E-state index in [0.29, 0.717) is 28.4 Å². The molecule has 0 atom stereocenters. The Morgan fingerprint density at radius 2 is 1.65 bits per heavy atom. The van der Waals surface area contributed by atoms with Crippen LogP contribution in [0.25, 0.3) is 6.08 Å². The first kappa shape index (κ1) is 23.3. The number of ether oxygens (including phenoxy) is 4. The van der Waals surface area contributed by atoms with Gasteiger partial charge in [-0.1, -0.05) is 6.07 Å². The summed E-state index contributed by atoms with van der Waals surface area (Å²) >= 11 is 0. The Labute approximate surface area is 179 Å². The third-order valence-electron chi connectivity index (χ3n) is 3.90. The van der Waals surface area contributed by atoms with Crippen molar-refractivity contribution in [2.24, 2.45) is 0 Å². The molecule has 2 aromatic carbocycles. The van der Waals surface area contributed by atoms with Crippen molar-refractivity contribution in [3.63, 3.8) is 0 Å². The number of carbonyl (C=O) groups excluding carboxylic acids is 3. The van der Waals surface area contributed by atoms with Crippen LogP contribution in [0.5, 0.6) is 17.2 Å². The predicted molar refractivity (Wildman–Crippen MR) is 113 cm³/mol. The van der Waals surface area contributed by atoms with Gasteiger partial charge >= 0.3 is 5.97 Å². The topological polar surface area (TPSA) is 112 Å². The van der Waals surface area contributed by atoms with Crippen molar-refractivity contribution in [1.82, 2.24) is 10.9 Å². The van der Waals surface area contributed by atoms with Gasteiger partial charge in [-0.05, 0) is 55.0 Å². The van der Waals surface area contributed by atoms with E-state index < -0.39 is 17.8 Å². The maximum atomic E-state index is 11.9. The normalized spacial score (nSPS) is 10.3. The molecule has 0 aliphatic heterocycles. The fourth-order valence-electron chi connectivity index (χ4n) is 2.39. The van der Waals surface area contributed by atoms with Crippen LogP contribution in [0.2, 0.25) is 0 Å². The van der Waals surface area contributed by atoms with E-state index >= 15 is 0 Å². The first-order valence-corrected chi connectivity index (χ1v) is 9.35. The third-order valence-corrected chi connectivity index (χ3v) is 3.90. The number of esters is 1. The summed E-state index contributed by atoms with van der Waals surface area (Å²) in [5.74, 6) is -0.0135. The molecule has 0 bridgehead atoms. The molecule has 0 radical (unpaired) electrons. The molecular formula is C22H24N2O7. The molecule has 31 heavy (non-hydrogen) atoms.